The highest BCUT2D eigenvalue weighted by Gasteiger charge is 2.33. The van der Waals surface area contributed by atoms with Crippen LogP contribution in [0.4, 0.5) is 13.2 Å². The van der Waals surface area contributed by atoms with Gasteiger partial charge in [0.05, 0.1) is 22.9 Å². The van der Waals surface area contributed by atoms with Gasteiger partial charge in [-0.1, -0.05) is 6.92 Å². The molecule has 0 aliphatic heterocycles. The summed E-state index contributed by atoms with van der Waals surface area (Å²) in [4.78, 5) is 0.444. The van der Waals surface area contributed by atoms with Crippen LogP contribution in [-0.2, 0) is 18.5 Å². The molecule has 0 saturated heterocycles. The maximum absolute atomic E-state index is 13.0. The molecule has 0 fully saturated rings. The van der Waals surface area contributed by atoms with Crippen LogP contribution in [0.5, 0.6) is 0 Å². The number of rotatable bonds is 5. The second-order valence-electron chi connectivity index (χ2n) is 4.92. The molecule has 1 heterocycles. The second-order valence-corrected chi connectivity index (χ2v) is 5.97. The van der Waals surface area contributed by atoms with E-state index >= 15 is 0 Å². The molecule has 2 rings (SSSR count). The average molecular weight is 340 g/mol. The Bertz CT molecular complexity index is 731. The Morgan fingerprint density at radius 2 is 2.04 bits per heavy atom. The third-order valence-electron chi connectivity index (χ3n) is 3.24. The van der Waals surface area contributed by atoms with Crippen molar-refractivity contribution in [3.05, 3.63) is 41.0 Å². The number of alkyl halides is 3. The van der Waals surface area contributed by atoms with Crippen LogP contribution in [0.25, 0.3) is 0 Å². The standard InChI is InChI=1S/C15H15F3N4S/c1-3-6-22-10(2)20-21-14(22)9-23-12-5-4-11(8-19)13(7-12)15(16,17)18/h4-5,7H,3,6,9H2,1-2H3. The van der Waals surface area contributed by atoms with E-state index in [-0.39, 0.29) is 5.56 Å². The number of nitriles is 1. The molecule has 23 heavy (non-hydrogen) atoms. The normalized spacial score (nSPS) is 11.5. The molecule has 0 bridgehead atoms. The number of aryl methyl sites for hydroxylation is 1. The Hall–Kier alpha value is -2.01. The van der Waals surface area contributed by atoms with Crippen molar-refractivity contribution >= 4 is 11.8 Å². The molecule has 2 aromatic rings. The molecule has 0 saturated carbocycles. The molecule has 0 spiro atoms. The van der Waals surface area contributed by atoms with Crippen LogP contribution in [0.2, 0.25) is 0 Å². The molecule has 0 N–H and O–H groups in total. The van der Waals surface area contributed by atoms with E-state index in [1.165, 1.54) is 23.9 Å². The lowest BCUT2D eigenvalue weighted by atomic mass is 10.1. The summed E-state index contributed by atoms with van der Waals surface area (Å²) in [6.07, 6.45) is -3.62. The maximum Gasteiger partial charge on any atom is 0.417 e. The molecule has 0 aliphatic carbocycles. The number of thioether (sulfide) groups is 1. The van der Waals surface area contributed by atoms with Gasteiger partial charge in [0.15, 0.2) is 0 Å². The van der Waals surface area contributed by atoms with E-state index in [1.807, 2.05) is 18.4 Å². The highest BCUT2D eigenvalue weighted by Crippen LogP contribution is 2.35. The Balaban J connectivity index is 2.20. The minimum absolute atomic E-state index is 0.369. The molecular weight excluding hydrogens is 325 g/mol. The summed E-state index contributed by atoms with van der Waals surface area (Å²) in [6.45, 7) is 4.66. The number of nitrogens with zero attached hydrogens (tertiary/aromatic N) is 4. The van der Waals surface area contributed by atoms with Crippen LogP contribution < -0.4 is 0 Å². The zero-order valence-corrected chi connectivity index (χ0v) is 13.5. The van der Waals surface area contributed by atoms with Crippen molar-refractivity contribution < 1.29 is 13.2 Å². The predicted molar refractivity (Wildman–Crippen MR) is 80.8 cm³/mol. The van der Waals surface area contributed by atoms with Gasteiger partial charge in [0.25, 0.3) is 0 Å². The van der Waals surface area contributed by atoms with E-state index in [4.69, 9.17) is 5.26 Å². The smallest absolute Gasteiger partial charge is 0.315 e. The van der Waals surface area contributed by atoms with E-state index in [1.54, 1.807) is 6.07 Å². The van der Waals surface area contributed by atoms with E-state index in [0.29, 0.717) is 10.6 Å². The van der Waals surface area contributed by atoms with Gasteiger partial charge in [-0.15, -0.1) is 22.0 Å². The zero-order chi connectivity index (χ0) is 17.0. The van der Waals surface area contributed by atoms with Gasteiger partial charge in [0, 0.05) is 11.4 Å². The molecule has 0 radical (unpaired) electrons. The highest BCUT2D eigenvalue weighted by atomic mass is 32.2. The minimum atomic E-state index is -4.54. The molecule has 122 valence electrons. The third-order valence-corrected chi connectivity index (χ3v) is 4.23. The molecule has 1 aromatic heterocycles. The quantitative estimate of drug-likeness (QED) is 0.766. The number of hydrogen-bond acceptors (Lipinski definition) is 4. The number of aromatic nitrogens is 3. The Labute approximate surface area is 136 Å². The van der Waals surface area contributed by atoms with Crippen LogP contribution in [-0.4, -0.2) is 14.8 Å². The molecule has 0 aliphatic rings. The maximum atomic E-state index is 13.0. The number of halogens is 3. The van der Waals surface area contributed by atoms with Gasteiger partial charge in [-0.2, -0.15) is 18.4 Å². The summed E-state index contributed by atoms with van der Waals surface area (Å²) < 4.78 is 40.8. The van der Waals surface area contributed by atoms with Gasteiger partial charge in [-0.25, -0.2) is 0 Å². The van der Waals surface area contributed by atoms with Gasteiger partial charge in [0.2, 0.25) is 0 Å². The summed E-state index contributed by atoms with van der Waals surface area (Å²) in [5.74, 6) is 1.94. The van der Waals surface area contributed by atoms with Crippen molar-refractivity contribution in [3.8, 4) is 6.07 Å². The first-order valence-electron chi connectivity index (χ1n) is 6.99. The van der Waals surface area contributed by atoms with Crippen molar-refractivity contribution in [1.29, 1.82) is 5.26 Å². The summed E-state index contributed by atoms with van der Waals surface area (Å²) in [5.41, 5.74) is -1.27. The summed E-state index contributed by atoms with van der Waals surface area (Å²) in [7, 11) is 0. The molecule has 0 unspecified atom stereocenters. The lowest BCUT2D eigenvalue weighted by Gasteiger charge is -2.11. The monoisotopic (exact) mass is 340 g/mol. The molecule has 4 nitrogen and oxygen atoms in total. The van der Waals surface area contributed by atoms with Crippen LogP contribution in [0.3, 0.4) is 0 Å². The highest BCUT2D eigenvalue weighted by molar-refractivity contribution is 7.98. The second kappa shape index (κ2) is 7.04. The fourth-order valence-corrected chi connectivity index (χ4v) is 3.01. The molecule has 0 amide bonds. The van der Waals surface area contributed by atoms with E-state index in [9.17, 15) is 13.2 Å². The van der Waals surface area contributed by atoms with E-state index in [2.05, 4.69) is 10.2 Å². The minimum Gasteiger partial charge on any atom is -0.315 e. The first kappa shape index (κ1) is 17.3. The van der Waals surface area contributed by atoms with Gasteiger partial charge in [-0.05, 0) is 31.5 Å². The summed E-state index contributed by atoms with van der Waals surface area (Å²) in [6, 6.07) is 5.31. The average Bonchev–Trinajstić information content (AvgIpc) is 2.85. The Kier molecular flexibility index (Phi) is 5.31. The molecular formula is C15H15F3N4S. The first-order valence-corrected chi connectivity index (χ1v) is 7.98. The SMILES string of the molecule is CCCn1c(C)nnc1CSc1ccc(C#N)c(C(F)(F)F)c1. The Morgan fingerprint density at radius 1 is 1.30 bits per heavy atom. The van der Waals surface area contributed by atoms with Crippen molar-refractivity contribution in [2.75, 3.05) is 0 Å². The Morgan fingerprint density at radius 3 is 2.65 bits per heavy atom. The lowest BCUT2D eigenvalue weighted by Crippen LogP contribution is -2.08. The summed E-state index contributed by atoms with van der Waals surface area (Å²) in [5, 5.41) is 16.9. The van der Waals surface area contributed by atoms with E-state index in [0.717, 1.165) is 30.7 Å². The fraction of sp³-hybridized carbons (Fsp3) is 0.400. The first-order chi connectivity index (χ1) is 10.9. The van der Waals surface area contributed by atoms with Crippen LogP contribution >= 0.6 is 11.8 Å². The molecule has 8 heteroatoms. The van der Waals surface area contributed by atoms with Crippen molar-refractivity contribution in [1.82, 2.24) is 14.8 Å². The van der Waals surface area contributed by atoms with Crippen LogP contribution in [0.15, 0.2) is 23.1 Å². The topological polar surface area (TPSA) is 54.5 Å². The lowest BCUT2D eigenvalue weighted by molar-refractivity contribution is -0.137. The molecule has 0 atom stereocenters. The van der Waals surface area contributed by atoms with E-state index < -0.39 is 11.7 Å². The van der Waals surface area contributed by atoms with Crippen molar-refractivity contribution in [3.63, 3.8) is 0 Å². The summed E-state index contributed by atoms with van der Waals surface area (Å²) >= 11 is 1.24. The van der Waals surface area contributed by atoms with Crippen molar-refractivity contribution in [2.45, 2.75) is 43.6 Å². The van der Waals surface area contributed by atoms with Crippen LogP contribution in [0, 0.1) is 18.3 Å². The fourth-order valence-electron chi connectivity index (χ4n) is 2.14. The molecule has 1 aromatic carbocycles. The third kappa shape index (κ3) is 4.05. The van der Waals surface area contributed by atoms with Gasteiger partial charge < -0.3 is 4.57 Å². The van der Waals surface area contributed by atoms with Gasteiger partial charge >= 0.3 is 6.18 Å². The largest absolute Gasteiger partial charge is 0.417 e. The zero-order valence-electron chi connectivity index (χ0n) is 12.7. The predicted octanol–water partition coefficient (Wildman–Crippen LogP) is 4.18. The van der Waals surface area contributed by atoms with Crippen LogP contribution in [0.1, 0.15) is 36.1 Å². The number of hydrogen-bond donors (Lipinski definition) is 0. The van der Waals surface area contributed by atoms with Gasteiger partial charge in [-0.3, -0.25) is 0 Å². The van der Waals surface area contributed by atoms with Gasteiger partial charge in [0.1, 0.15) is 11.6 Å². The van der Waals surface area contributed by atoms with Crippen molar-refractivity contribution in [2.24, 2.45) is 0 Å². The number of benzene rings is 1.